The molecule has 3 rings (SSSR count). The van der Waals surface area contributed by atoms with Gasteiger partial charge in [-0.3, -0.25) is 0 Å². The van der Waals surface area contributed by atoms with Crippen molar-refractivity contribution in [3.63, 3.8) is 0 Å². The van der Waals surface area contributed by atoms with Crippen LogP contribution in [0.5, 0.6) is 0 Å². The summed E-state index contributed by atoms with van der Waals surface area (Å²) in [7, 11) is 0. The Labute approximate surface area is 185 Å². The summed E-state index contributed by atoms with van der Waals surface area (Å²) in [6.07, 6.45) is 9.70. The minimum atomic E-state index is 0. The Balaban J connectivity index is 0.00000280. The molecule has 0 saturated carbocycles. The summed E-state index contributed by atoms with van der Waals surface area (Å²) >= 11 is 0. The third kappa shape index (κ3) is 7.79. The Hall–Kier alpha value is -1.61. The molecular formula is C21H33IN6. The Morgan fingerprint density at radius 2 is 1.96 bits per heavy atom. The van der Waals surface area contributed by atoms with Gasteiger partial charge < -0.3 is 20.1 Å². The lowest BCUT2D eigenvalue weighted by molar-refractivity contribution is 0.232. The molecule has 0 unspecified atom stereocenters. The lowest BCUT2D eigenvalue weighted by atomic mass is 10.1. The average Bonchev–Trinajstić information content (AvgIpc) is 3.20. The van der Waals surface area contributed by atoms with Gasteiger partial charge in [0.15, 0.2) is 5.96 Å². The van der Waals surface area contributed by atoms with Crippen molar-refractivity contribution in [2.45, 2.75) is 39.3 Å². The summed E-state index contributed by atoms with van der Waals surface area (Å²) in [6.45, 7) is 8.99. The summed E-state index contributed by atoms with van der Waals surface area (Å²) < 4.78 is 2.08. The maximum Gasteiger partial charge on any atom is 0.191 e. The highest BCUT2D eigenvalue weighted by molar-refractivity contribution is 14.0. The molecule has 1 aliphatic rings. The van der Waals surface area contributed by atoms with E-state index in [0.29, 0.717) is 6.54 Å². The summed E-state index contributed by atoms with van der Waals surface area (Å²) in [5.41, 5.74) is 2.49. The van der Waals surface area contributed by atoms with Crippen LogP contribution in [0.2, 0.25) is 0 Å². The van der Waals surface area contributed by atoms with Gasteiger partial charge in [-0.05, 0) is 44.0 Å². The van der Waals surface area contributed by atoms with Crippen molar-refractivity contribution in [1.82, 2.24) is 25.1 Å². The largest absolute Gasteiger partial charge is 0.357 e. The summed E-state index contributed by atoms with van der Waals surface area (Å²) in [6, 6.07) is 8.61. The molecule has 1 aliphatic heterocycles. The minimum absolute atomic E-state index is 0. The van der Waals surface area contributed by atoms with Crippen LogP contribution < -0.4 is 10.6 Å². The van der Waals surface area contributed by atoms with Crippen LogP contribution >= 0.6 is 24.0 Å². The predicted octanol–water partition coefficient (Wildman–Crippen LogP) is 3.09. The van der Waals surface area contributed by atoms with Crippen molar-refractivity contribution in [2.75, 3.05) is 32.7 Å². The second kappa shape index (κ2) is 12.8. The van der Waals surface area contributed by atoms with E-state index in [1.165, 1.54) is 43.5 Å². The zero-order valence-corrected chi connectivity index (χ0v) is 19.1. The van der Waals surface area contributed by atoms with Crippen LogP contribution in [0, 0.1) is 0 Å². The minimum Gasteiger partial charge on any atom is -0.357 e. The van der Waals surface area contributed by atoms with Gasteiger partial charge in [-0.15, -0.1) is 24.0 Å². The molecular weight excluding hydrogens is 463 g/mol. The molecule has 6 nitrogen and oxygen atoms in total. The van der Waals surface area contributed by atoms with Crippen LogP contribution in [0.3, 0.4) is 0 Å². The van der Waals surface area contributed by atoms with E-state index in [0.717, 1.165) is 32.1 Å². The predicted molar refractivity (Wildman–Crippen MR) is 126 cm³/mol. The van der Waals surface area contributed by atoms with Gasteiger partial charge in [0.1, 0.15) is 0 Å². The second-order valence-electron chi connectivity index (χ2n) is 7.08. The first-order valence-corrected chi connectivity index (χ1v) is 10.1. The van der Waals surface area contributed by atoms with Crippen LogP contribution in [0.25, 0.3) is 0 Å². The third-order valence-corrected chi connectivity index (χ3v) is 4.85. The Morgan fingerprint density at radius 1 is 1.14 bits per heavy atom. The number of guanidine groups is 1. The van der Waals surface area contributed by atoms with Crippen molar-refractivity contribution in [1.29, 1.82) is 0 Å². The van der Waals surface area contributed by atoms with Gasteiger partial charge >= 0.3 is 0 Å². The topological polar surface area (TPSA) is 57.5 Å². The fourth-order valence-corrected chi connectivity index (χ4v) is 3.44. The summed E-state index contributed by atoms with van der Waals surface area (Å²) in [5, 5.41) is 6.82. The van der Waals surface area contributed by atoms with E-state index in [1.807, 2.05) is 18.7 Å². The molecule has 0 radical (unpaired) electrons. The number of nitrogens with one attached hydrogen (secondary N) is 2. The maximum atomic E-state index is 4.76. The van der Waals surface area contributed by atoms with Crippen molar-refractivity contribution >= 4 is 29.9 Å². The van der Waals surface area contributed by atoms with Crippen molar-refractivity contribution in [2.24, 2.45) is 4.99 Å². The van der Waals surface area contributed by atoms with E-state index in [1.54, 1.807) is 0 Å². The molecule has 1 saturated heterocycles. The molecule has 1 aromatic heterocycles. The molecule has 0 bridgehead atoms. The maximum absolute atomic E-state index is 4.76. The van der Waals surface area contributed by atoms with Crippen LogP contribution in [0.1, 0.15) is 37.3 Å². The number of rotatable bonds is 8. The number of imidazole rings is 1. The standard InChI is InChI=1S/C21H32N6.HI/c1-2-23-21(24-10-14-26-11-4-3-5-12-26)25-16-19-7-6-8-20(15-19)17-27-13-9-22-18-27;/h6-9,13,15,18H,2-5,10-12,14,16-17H2,1H3,(H2,23,24,25);1H. The monoisotopic (exact) mass is 496 g/mol. The second-order valence-corrected chi connectivity index (χ2v) is 7.08. The van der Waals surface area contributed by atoms with E-state index in [2.05, 4.69) is 56.3 Å². The molecule has 28 heavy (non-hydrogen) atoms. The molecule has 0 amide bonds. The highest BCUT2D eigenvalue weighted by Crippen LogP contribution is 2.09. The first-order chi connectivity index (χ1) is 13.3. The number of hydrogen-bond acceptors (Lipinski definition) is 3. The van der Waals surface area contributed by atoms with Crippen LogP contribution in [0.4, 0.5) is 0 Å². The van der Waals surface area contributed by atoms with E-state index in [9.17, 15) is 0 Å². The molecule has 0 aliphatic carbocycles. The summed E-state index contributed by atoms with van der Waals surface area (Å²) in [4.78, 5) is 11.4. The number of benzene rings is 1. The highest BCUT2D eigenvalue weighted by Gasteiger charge is 2.09. The normalized spacial score (nSPS) is 15.1. The van der Waals surface area contributed by atoms with Crippen molar-refractivity contribution < 1.29 is 0 Å². The fraction of sp³-hybridized carbons (Fsp3) is 0.524. The Morgan fingerprint density at radius 3 is 2.71 bits per heavy atom. The lowest BCUT2D eigenvalue weighted by Crippen LogP contribution is -2.42. The molecule has 1 aromatic carbocycles. The Bertz CT molecular complexity index is 695. The first kappa shape index (κ1) is 22.7. The van der Waals surface area contributed by atoms with Gasteiger partial charge in [-0.25, -0.2) is 9.98 Å². The van der Waals surface area contributed by atoms with E-state index in [4.69, 9.17) is 4.99 Å². The van der Waals surface area contributed by atoms with E-state index >= 15 is 0 Å². The van der Waals surface area contributed by atoms with Crippen LogP contribution in [-0.4, -0.2) is 53.1 Å². The number of likely N-dealkylation sites (tertiary alicyclic amines) is 1. The van der Waals surface area contributed by atoms with Crippen LogP contribution in [0.15, 0.2) is 48.0 Å². The number of nitrogens with zero attached hydrogens (tertiary/aromatic N) is 4. The molecule has 2 aromatic rings. The zero-order valence-electron chi connectivity index (χ0n) is 16.8. The zero-order chi connectivity index (χ0) is 18.7. The van der Waals surface area contributed by atoms with Crippen LogP contribution in [-0.2, 0) is 13.1 Å². The van der Waals surface area contributed by atoms with Gasteiger partial charge in [-0.1, -0.05) is 30.7 Å². The fourth-order valence-electron chi connectivity index (χ4n) is 3.44. The molecule has 1 fully saturated rings. The number of halogens is 1. The highest BCUT2D eigenvalue weighted by atomic mass is 127. The van der Waals surface area contributed by atoms with Crippen molar-refractivity contribution in [3.05, 3.63) is 54.1 Å². The van der Waals surface area contributed by atoms with Gasteiger partial charge in [0.2, 0.25) is 0 Å². The number of aliphatic imine (C=N–C) groups is 1. The third-order valence-electron chi connectivity index (χ3n) is 4.85. The quantitative estimate of drug-likeness (QED) is 0.335. The van der Waals surface area contributed by atoms with E-state index in [-0.39, 0.29) is 24.0 Å². The average molecular weight is 496 g/mol. The molecule has 0 spiro atoms. The molecule has 2 N–H and O–H groups in total. The van der Waals surface area contributed by atoms with E-state index < -0.39 is 0 Å². The summed E-state index contributed by atoms with van der Waals surface area (Å²) in [5.74, 6) is 0.898. The van der Waals surface area contributed by atoms with Gasteiger partial charge in [0, 0.05) is 38.6 Å². The Kier molecular flexibility index (Phi) is 10.3. The molecule has 7 heteroatoms. The molecule has 2 heterocycles. The molecule has 0 atom stereocenters. The lowest BCUT2D eigenvalue weighted by Gasteiger charge is -2.26. The first-order valence-electron chi connectivity index (χ1n) is 10.1. The van der Waals surface area contributed by atoms with Crippen molar-refractivity contribution in [3.8, 4) is 0 Å². The number of aromatic nitrogens is 2. The SMILES string of the molecule is CCNC(=NCc1cccc(Cn2ccnc2)c1)NCCN1CCCCC1.I. The molecule has 154 valence electrons. The van der Waals surface area contributed by atoms with Gasteiger partial charge in [0.25, 0.3) is 0 Å². The number of piperidine rings is 1. The number of hydrogen-bond donors (Lipinski definition) is 2. The smallest absolute Gasteiger partial charge is 0.191 e. The van der Waals surface area contributed by atoms with Gasteiger partial charge in [-0.2, -0.15) is 0 Å². The van der Waals surface area contributed by atoms with Gasteiger partial charge in [0.05, 0.1) is 12.9 Å².